The third-order valence-electron chi connectivity index (χ3n) is 1.82. The lowest BCUT2D eigenvalue weighted by molar-refractivity contribution is 0.0170. The molecule has 1 rings (SSSR count). The van der Waals surface area contributed by atoms with Gasteiger partial charge in [0.2, 0.25) is 5.89 Å². The van der Waals surface area contributed by atoms with Crippen molar-refractivity contribution >= 4 is 0 Å². The van der Waals surface area contributed by atoms with Crippen LogP contribution in [0.3, 0.4) is 0 Å². The molecule has 1 aromatic heterocycles. The van der Waals surface area contributed by atoms with Gasteiger partial charge in [-0.25, -0.2) is 0 Å². The summed E-state index contributed by atoms with van der Waals surface area (Å²) in [5, 5.41) is 3.69. The lowest BCUT2D eigenvalue weighted by atomic mass is 10.1. The van der Waals surface area contributed by atoms with Crippen molar-refractivity contribution in [2.24, 2.45) is 5.73 Å². The van der Waals surface area contributed by atoms with Gasteiger partial charge in [0.05, 0.1) is 18.6 Å². The van der Waals surface area contributed by atoms with E-state index < -0.39 is 0 Å². The fourth-order valence-electron chi connectivity index (χ4n) is 0.881. The standard InChI is InChI=1S/C8H15N3O2/c1-8(2,12-3)4-7-10-6(5-9)11-13-7/h4-5,9H2,1-3H3. The fraction of sp³-hybridized carbons (Fsp3) is 0.750. The van der Waals surface area contributed by atoms with E-state index in [2.05, 4.69) is 10.1 Å². The van der Waals surface area contributed by atoms with Crippen LogP contribution in [0.25, 0.3) is 0 Å². The minimum absolute atomic E-state index is 0.279. The maximum Gasteiger partial charge on any atom is 0.229 e. The molecule has 0 saturated carbocycles. The number of ether oxygens (including phenoxy) is 1. The van der Waals surface area contributed by atoms with E-state index in [9.17, 15) is 0 Å². The van der Waals surface area contributed by atoms with Crippen LogP contribution in [0.4, 0.5) is 0 Å². The molecule has 0 saturated heterocycles. The highest BCUT2D eigenvalue weighted by Gasteiger charge is 2.20. The predicted molar refractivity (Wildman–Crippen MR) is 47.0 cm³/mol. The van der Waals surface area contributed by atoms with Gasteiger partial charge in [-0.05, 0) is 13.8 Å². The Morgan fingerprint density at radius 2 is 2.23 bits per heavy atom. The Bertz CT molecular complexity index is 270. The largest absolute Gasteiger partial charge is 0.378 e. The molecule has 0 amide bonds. The summed E-state index contributed by atoms with van der Waals surface area (Å²) < 4.78 is 10.2. The molecule has 5 heteroatoms. The van der Waals surface area contributed by atoms with Crippen molar-refractivity contribution in [3.63, 3.8) is 0 Å². The molecule has 0 aromatic carbocycles. The molecule has 0 atom stereocenters. The summed E-state index contributed by atoms with van der Waals surface area (Å²) in [6, 6.07) is 0. The zero-order valence-corrected chi connectivity index (χ0v) is 8.20. The van der Waals surface area contributed by atoms with Gasteiger partial charge in [0, 0.05) is 7.11 Å². The van der Waals surface area contributed by atoms with Crippen LogP contribution >= 0.6 is 0 Å². The minimum atomic E-state index is -0.279. The first-order chi connectivity index (χ1) is 6.07. The first kappa shape index (κ1) is 10.1. The molecule has 0 fully saturated rings. The van der Waals surface area contributed by atoms with Gasteiger partial charge in [0.15, 0.2) is 5.82 Å². The van der Waals surface area contributed by atoms with Crippen LogP contribution in [0.15, 0.2) is 4.52 Å². The molecule has 0 aliphatic heterocycles. The Morgan fingerprint density at radius 3 is 2.69 bits per heavy atom. The Morgan fingerprint density at radius 1 is 1.54 bits per heavy atom. The molecule has 0 radical (unpaired) electrons. The smallest absolute Gasteiger partial charge is 0.229 e. The third-order valence-corrected chi connectivity index (χ3v) is 1.82. The summed E-state index contributed by atoms with van der Waals surface area (Å²) in [4.78, 5) is 4.08. The first-order valence-electron chi connectivity index (χ1n) is 4.14. The number of hydrogen-bond acceptors (Lipinski definition) is 5. The summed E-state index contributed by atoms with van der Waals surface area (Å²) >= 11 is 0. The topological polar surface area (TPSA) is 74.2 Å². The van der Waals surface area contributed by atoms with E-state index in [0.29, 0.717) is 24.7 Å². The van der Waals surface area contributed by atoms with E-state index in [1.807, 2.05) is 13.8 Å². The maximum absolute atomic E-state index is 5.34. The minimum Gasteiger partial charge on any atom is -0.378 e. The van der Waals surface area contributed by atoms with Gasteiger partial charge < -0.3 is 15.0 Å². The van der Waals surface area contributed by atoms with Crippen molar-refractivity contribution in [1.82, 2.24) is 10.1 Å². The predicted octanol–water partition coefficient (Wildman–Crippen LogP) is 0.496. The van der Waals surface area contributed by atoms with E-state index in [4.69, 9.17) is 15.0 Å². The lowest BCUT2D eigenvalue weighted by Gasteiger charge is -2.19. The zero-order chi connectivity index (χ0) is 9.90. The Balaban J connectivity index is 2.63. The average molecular weight is 185 g/mol. The molecule has 1 heterocycles. The monoisotopic (exact) mass is 185 g/mol. The van der Waals surface area contributed by atoms with E-state index in [1.54, 1.807) is 7.11 Å². The number of aromatic nitrogens is 2. The molecular formula is C8H15N3O2. The second-order valence-corrected chi connectivity index (χ2v) is 3.45. The van der Waals surface area contributed by atoms with Crippen molar-refractivity contribution < 1.29 is 9.26 Å². The molecular weight excluding hydrogens is 170 g/mol. The van der Waals surface area contributed by atoms with Gasteiger partial charge in [-0.2, -0.15) is 4.98 Å². The number of rotatable bonds is 4. The fourth-order valence-corrected chi connectivity index (χ4v) is 0.881. The Kier molecular flexibility index (Phi) is 3.00. The molecule has 0 bridgehead atoms. The van der Waals surface area contributed by atoms with E-state index in [0.717, 1.165) is 0 Å². The summed E-state index contributed by atoms with van der Waals surface area (Å²) in [5.74, 6) is 1.09. The zero-order valence-electron chi connectivity index (χ0n) is 8.20. The normalized spacial score (nSPS) is 12.0. The second-order valence-electron chi connectivity index (χ2n) is 3.45. The summed E-state index contributed by atoms with van der Waals surface area (Å²) in [6.07, 6.45) is 0.594. The average Bonchev–Trinajstić information content (AvgIpc) is 2.52. The van der Waals surface area contributed by atoms with Crippen LogP contribution in [0, 0.1) is 0 Å². The van der Waals surface area contributed by atoms with E-state index in [-0.39, 0.29) is 5.60 Å². The summed E-state index contributed by atoms with van der Waals surface area (Å²) in [7, 11) is 1.65. The van der Waals surface area contributed by atoms with Gasteiger partial charge in [-0.15, -0.1) is 0 Å². The third kappa shape index (κ3) is 2.78. The molecule has 0 spiro atoms. The number of hydrogen-bond donors (Lipinski definition) is 1. The highest BCUT2D eigenvalue weighted by Crippen LogP contribution is 2.14. The van der Waals surface area contributed by atoms with Gasteiger partial charge in [0.25, 0.3) is 0 Å². The Hall–Kier alpha value is -0.940. The van der Waals surface area contributed by atoms with Crippen LogP contribution < -0.4 is 5.73 Å². The van der Waals surface area contributed by atoms with Crippen molar-refractivity contribution in [3.8, 4) is 0 Å². The summed E-state index contributed by atoms with van der Waals surface area (Å²) in [6.45, 7) is 4.22. The van der Waals surface area contributed by atoms with Crippen molar-refractivity contribution in [3.05, 3.63) is 11.7 Å². The van der Waals surface area contributed by atoms with Crippen LogP contribution in [-0.4, -0.2) is 22.9 Å². The molecule has 2 N–H and O–H groups in total. The van der Waals surface area contributed by atoms with Crippen LogP contribution in [-0.2, 0) is 17.7 Å². The lowest BCUT2D eigenvalue weighted by Crippen LogP contribution is -2.25. The number of nitrogens with two attached hydrogens (primary N) is 1. The SMILES string of the molecule is COC(C)(C)Cc1nc(CN)no1. The highest BCUT2D eigenvalue weighted by atomic mass is 16.5. The molecule has 0 aliphatic carbocycles. The maximum atomic E-state index is 5.34. The molecule has 1 aromatic rings. The highest BCUT2D eigenvalue weighted by molar-refractivity contribution is 4.90. The van der Waals surface area contributed by atoms with Gasteiger partial charge in [0.1, 0.15) is 0 Å². The quantitative estimate of drug-likeness (QED) is 0.739. The molecule has 5 nitrogen and oxygen atoms in total. The van der Waals surface area contributed by atoms with Crippen LogP contribution in [0.1, 0.15) is 25.6 Å². The molecule has 13 heavy (non-hydrogen) atoms. The first-order valence-corrected chi connectivity index (χ1v) is 4.14. The summed E-state index contributed by atoms with van der Waals surface area (Å²) in [5.41, 5.74) is 5.06. The van der Waals surface area contributed by atoms with Crippen molar-refractivity contribution in [2.75, 3.05) is 7.11 Å². The Labute approximate surface area is 77.3 Å². The van der Waals surface area contributed by atoms with Gasteiger partial charge >= 0.3 is 0 Å². The van der Waals surface area contributed by atoms with Crippen molar-refractivity contribution in [2.45, 2.75) is 32.4 Å². The second kappa shape index (κ2) is 3.85. The van der Waals surface area contributed by atoms with Gasteiger partial charge in [-0.1, -0.05) is 5.16 Å². The van der Waals surface area contributed by atoms with E-state index >= 15 is 0 Å². The van der Waals surface area contributed by atoms with Crippen molar-refractivity contribution in [1.29, 1.82) is 0 Å². The van der Waals surface area contributed by atoms with Crippen LogP contribution in [0.2, 0.25) is 0 Å². The van der Waals surface area contributed by atoms with E-state index in [1.165, 1.54) is 0 Å². The molecule has 0 aliphatic rings. The van der Waals surface area contributed by atoms with Crippen LogP contribution in [0.5, 0.6) is 0 Å². The number of methoxy groups -OCH3 is 1. The van der Waals surface area contributed by atoms with Gasteiger partial charge in [-0.3, -0.25) is 0 Å². The number of nitrogens with zero attached hydrogens (tertiary/aromatic N) is 2. The molecule has 74 valence electrons. The molecule has 0 unspecified atom stereocenters.